The van der Waals surface area contributed by atoms with Gasteiger partial charge in [0.15, 0.2) is 0 Å². The number of imidazole rings is 2. The molecule has 2 aromatic heterocycles. The third kappa shape index (κ3) is 7.70. The summed E-state index contributed by atoms with van der Waals surface area (Å²) >= 11 is 3.32. The van der Waals surface area contributed by atoms with Gasteiger partial charge in [-0.15, -0.1) is 23.5 Å². The normalized spacial score (nSPS) is 20.6. The molecule has 1 aliphatic carbocycles. The fraction of sp³-hybridized carbons (Fsp3) is 0.488. The first-order valence-corrected chi connectivity index (χ1v) is 22.8. The lowest BCUT2D eigenvalue weighted by atomic mass is 9.83. The van der Waals surface area contributed by atoms with Crippen LogP contribution in [0.25, 0.3) is 22.5 Å². The van der Waals surface area contributed by atoms with Crippen molar-refractivity contribution in [3.63, 3.8) is 0 Å². The molecule has 0 bridgehead atoms. The zero-order chi connectivity index (χ0) is 42.3. The molecule has 4 amide bonds. The molecular formula is C43H52N8O7S2. The Labute approximate surface area is 357 Å². The van der Waals surface area contributed by atoms with Gasteiger partial charge in [-0.25, -0.2) is 19.6 Å². The van der Waals surface area contributed by atoms with E-state index in [1.807, 2.05) is 46.0 Å². The summed E-state index contributed by atoms with van der Waals surface area (Å²) in [5.74, 6) is 4.97. The summed E-state index contributed by atoms with van der Waals surface area (Å²) in [6.07, 6.45) is 5.83. The van der Waals surface area contributed by atoms with Gasteiger partial charge in [0.1, 0.15) is 35.2 Å². The van der Waals surface area contributed by atoms with E-state index in [9.17, 15) is 19.2 Å². The van der Waals surface area contributed by atoms with E-state index in [1.165, 1.54) is 14.2 Å². The number of thioether (sulfide) groups is 2. The van der Waals surface area contributed by atoms with Crippen LogP contribution in [0.1, 0.15) is 88.2 Å². The third-order valence-electron chi connectivity index (χ3n) is 12.6. The second kappa shape index (κ2) is 17.1. The zero-order valence-electron chi connectivity index (χ0n) is 34.7. The van der Waals surface area contributed by atoms with Gasteiger partial charge in [0, 0.05) is 39.2 Å². The van der Waals surface area contributed by atoms with Crippen LogP contribution in [-0.4, -0.2) is 103 Å². The fourth-order valence-corrected chi connectivity index (χ4v) is 10.8. The van der Waals surface area contributed by atoms with Crippen molar-refractivity contribution in [3.05, 3.63) is 71.6 Å². The minimum atomic E-state index is -0.701. The van der Waals surface area contributed by atoms with Crippen molar-refractivity contribution in [2.45, 2.75) is 83.0 Å². The maximum Gasteiger partial charge on any atom is 0.407 e. The van der Waals surface area contributed by atoms with Crippen LogP contribution in [-0.2, 0) is 24.5 Å². The largest absolute Gasteiger partial charge is 0.457 e. The number of fused-ring (bicyclic) bond motifs is 4. The molecule has 15 nitrogen and oxygen atoms in total. The number of methoxy groups -OCH3 is 2. The summed E-state index contributed by atoms with van der Waals surface area (Å²) in [4.78, 5) is 72.0. The van der Waals surface area contributed by atoms with E-state index in [4.69, 9.17) is 24.2 Å². The van der Waals surface area contributed by atoms with E-state index in [0.29, 0.717) is 34.9 Å². The third-order valence-corrected chi connectivity index (χ3v) is 14.6. The number of carbonyl (C=O) groups excluding carboxylic acids is 4. The predicted octanol–water partition coefficient (Wildman–Crippen LogP) is 7.34. The van der Waals surface area contributed by atoms with Gasteiger partial charge in [-0.3, -0.25) is 9.59 Å². The molecule has 5 heterocycles. The molecule has 17 heteroatoms. The Morgan fingerprint density at radius 1 is 0.767 bits per heavy atom. The Morgan fingerprint density at radius 3 is 1.75 bits per heavy atom. The summed E-state index contributed by atoms with van der Waals surface area (Å²) in [6.45, 7) is 7.89. The first-order chi connectivity index (χ1) is 29.0. The van der Waals surface area contributed by atoms with Crippen LogP contribution in [0, 0.1) is 11.8 Å². The SMILES string of the molecule is CC[C@H](C)[C@H](NC(=O)OC)C(=O)N1CSC[C@H]1c1ncc(-c2ccc3c(c2)Oc2ccc(-c4cnc([C@@H]5CSCN5C(=O)[C@@H](NC(=O)OC)[C@@H](C)CC)[nH]4)cc2C32CC2)[nH]1. The highest BCUT2D eigenvalue weighted by Crippen LogP contribution is 2.62. The van der Waals surface area contributed by atoms with Gasteiger partial charge in [0.2, 0.25) is 11.8 Å². The van der Waals surface area contributed by atoms with Gasteiger partial charge in [-0.2, -0.15) is 0 Å². The van der Waals surface area contributed by atoms with E-state index in [1.54, 1.807) is 39.5 Å². The van der Waals surface area contributed by atoms with E-state index in [2.05, 4.69) is 44.9 Å². The van der Waals surface area contributed by atoms with Gasteiger partial charge in [0.25, 0.3) is 0 Å². The maximum absolute atomic E-state index is 13.8. The highest BCUT2D eigenvalue weighted by atomic mass is 32.2. The minimum absolute atomic E-state index is 0.0731. The smallest absolute Gasteiger partial charge is 0.407 e. The highest BCUT2D eigenvalue weighted by Gasteiger charge is 2.52. The summed E-state index contributed by atoms with van der Waals surface area (Å²) in [5, 5.41) is 5.50. The Kier molecular flexibility index (Phi) is 11.8. The van der Waals surface area contributed by atoms with Crippen molar-refractivity contribution in [2.75, 3.05) is 37.5 Å². The van der Waals surface area contributed by atoms with E-state index < -0.39 is 24.3 Å². The van der Waals surface area contributed by atoms with Crippen molar-refractivity contribution >= 4 is 47.5 Å². The van der Waals surface area contributed by atoms with E-state index >= 15 is 0 Å². The van der Waals surface area contributed by atoms with Gasteiger partial charge in [0.05, 0.1) is 61.8 Å². The van der Waals surface area contributed by atoms with Crippen LogP contribution in [0.4, 0.5) is 9.59 Å². The van der Waals surface area contributed by atoms with Crippen molar-refractivity contribution in [1.29, 1.82) is 0 Å². The number of amides is 4. The number of hydrogen-bond donors (Lipinski definition) is 4. The lowest BCUT2D eigenvalue weighted by Gasteiger charge is -2.30. The lowest BCUT2D eigenvalue weighted by molar-refractivity contribution is -0.136. The van der Waals surface area contributed by atoms with Crippen LogP contribution >= 0.6 is 23.5 Å². The molecule has 6 atom stereocenters. The first kappa shape index (κ1) is 41.6. The Bertz CT molecular complexity index is 2280. The van der Waals surface area contributed by atoms with Crippen LogP contribution in [0.5, 0.6) is 11.5 Å². The summed E-state index contributed by atoms with van der Waals surface area (Å²) in [7, 11) is 2.60. The average molecular weight is 857 g/mol. The van der Waals surface area contributed by atoms with Crippen molar-refractivity contribution in [2.24, 2.45) is 11.8 Å². The number of aromatic nitrogens is 4. The number of carbonyl (C=O) groups is 4. The molecule has 4 N–H and O–H groups in total. The quantitative estimate of drug-likeness (QED) is 0.112. The predicted molar refractivity (Wildman–Crippen MR) is 230 cm³/mol. The van der Waals surface area contributed by atoms with Crippen molar-refractivity contribution < 1.29 is 33.4 Å². The average Bonchev–Trinajstić information content (AvgIpc) is 3.84. The van der Waals surface area contributed by atoms with Gasteiger partial charge < -0.3 is 44.6 Å². The number of hydrogen-bond acceptors (Lipinski definition) is 11. The van der Waals surface area contributed by atoms with Gasteiger partial charge in [-0.1, -0.05) is 52.7 Å². The summed E-state index contributed by atoms with van der Waals surface area (Å²) in [5.41, 5.74) is 5.71. The van der Waals surface area contributed by atoms with Crippen molar-refractivity contribution in [1.82, 2.24) is 40.4 Å². The van der Waals surface area contributed by atoms with Crippen LogP contribution < -0.4 is 15.4 Å². The number of benzene rings is 2. The molecule has 2 aromatic carbocycles. The minimum Gasteiger partial charge on any atom is -0.457 e. The fourth-order valence-electron chi connectivity index (χ4n) is 8.43. The molecule has 4 aromatic rings. The van der Waals surface area contributed by atoms with Crippen LogP contribution in [0.2, 0.25) is 0 Å². The molecule has 1 spiro atoms. The topological polar surface area (TPSA) is 184 Å². The first-order valence-electron chi connectivity index (χ1n) is 20.5. The standard InChI is InChI=1S/C43H52N8O7S2/c1-7-23(3)35(48-41(54)56-5)39(52)50-21-59-19-31(50)37-44-17-29(46-37)25-10-12-33-28(15-25)43(13-14-43)27-11-9-26(16-34(27)58-33)30-18-45-38(47-30)32-20-60-22-51(32)40(53)36(24(4)8-2)49-42(55)57-6/h9-12,15-18,23-24,31-32,35-36H,7-8,13-14,19-22H2,1-6H3,(H,44,46)(H,45,47)(H,48,54)(H,49,55)/t23-,24-,31-,32-,35-,36-/m0/s1. The zero-order valence-corrected chi connectivity index (χ0v) is 36.3. The van der Waals surface area contributed by atoms with Crippen LogP contribution in [0.15, 0.2) is 48.8 Å². The molecule has 3 aliphatic heterocycles. The highest BCUT2D eigenvalue weighted by molar-refractivity contribution is 7.99. The Balaban J connectivity index is 0.990. The number of ether oxygens (including phenoxy) is 3. The van der Waals surface area contributed by atoms with Crippen molar-refractivity contribution in [3.8, 4) is 34.0 Å². The van der Waals surface area contributed by atoms with Gasteiger partial charge in [-0.05, 0) is 48.9 Å². The molecular weight excluding hydrogens is 805 g/mol. The Morgan fingerprint density at radius 2 is 1.27 bits per heavy atom. The molecule has 0 radical (unpaired) electrons. The monoisotopic (exact) mass is 856 g/mol. The maximum atomic E-state index is 13.8. The lowest BCUT2D eigenvalue weighted by Crippen LogP contribution is -2.51. The number of alkyl carbamates (subject to hydrolysis) is 2. The van der Waals surface area contributed by atoms with Gasteiger partial charge >= 0.3 is 12.2 Å². The number of rotatable bonds is 12. The van der Waals surface area contributed by atoms with E-state index in [-0.39, 0.29) is 41.1 Å². The summed E-state index contributed by atoms with van der Waals surface area (Å²) < 4.78 is 16.3. The molecule has 2 saturated heterocycles. The molecule has 60 heavy (non-hydrogen) atoms. The molecule has 0 unspecified atom stereocenters. The Hall–Kier alpha value is -5.16. The molecule has 4 aliphatic rings. The molecule has 8 rings (SSSR count). The molecule has 318 valence electrons. The van der Waals surface area contributed by atoms with Crippen LogP contribution in [0.3, 0.4) is 0 Å². The molecule has 3 fully saturated rings. The second-order valence-corrected chi connectivity index (χ2v) is 18.1. The molecule has 1 saturated carbocycles. The second-order valence-electron chi connectivity index (χ2n) is 16.1. The number of nitrogens with one attached hydrogen (secondary N) is 4. The summed E-state index contributed by atoms with van der Waals surface area (Å²) in [6, 6.07) is 10.6. The van der Waals surface area contributed by atoms with E-state index in [0.717, 1.165) is 70.8 Å². The number of nitrogens with zero attached hydrogens (tertiary/aromatic N) is 4. The number of aromatic amines is 2. The number of H-pyrrole nitrogens is 2.